The molecule has 35 heavy (non-hydrogen) atoms. The van der Waals surface area contributed by atoms with Crippen LogP contribution in [0.25, 0.3) is 0 Å². The Balaban J connectivity index is 1.50. The molecule has 1 aromatic rings. The molecule has 1 saturated heterocycles. The summed E-state index contributed by atoms with van der Waals surface area (Å²) in [4.78, 5) is 41.9. The highest BCUT2D eigenvalue weighted by molar-refractivity contribution is 5.93. The van der Waals surface area contributed by atoms with E-state index in [0.29, 0.717) is 13.0 Å². The number of methoxy groups -OCH3 is 1. The molecule has 0 radical (unpaired) electrons. The van der Waals surface area contributed by atoms with Crippen LogP contribution < -0.4 is 10.6 Å². The number of likely N-dealkylation sites (tertiary alicyclic amines) is 1. The molecule has 7 heteroatoms. The monoisotopic (exact) mass is 483 g/mol. The minimum atomic E-state index is -0.552. The van der Waals surface area contributed by atoms with E-state index in [0.717, 1.165) is 50.5 Å². The summed E-state index contributed by atoms with van der Waals surface area (Å²) >= 11 is 0. The van der Waals surface area contributed by atoms with E-state index in [1.807, 2.05) is 32.0 Å². The second-order valence-corrected chi connectivity index (χ2v) is 10.5. The summed E-state index contributed by atoms with van der Waals surface area (Å²) in [6, 6.07) is 6.82. The van der Waals surface area contributed by atoms with Crippen LogP contribution in [0.5, 0.6) is 0 Å². The number of ether oxygens (including phenoxy) is 1. The van der Waals surface area contributed by atoms with Gasteiger partial charge in [-0.05, 0) is 49.1 Å². The molecule has 2 N–H and O–H groups in total. The maximum atomic E-state index is 13.9. The van der Waals surface area contributed by atoms with Crippen LogP contribution in [0.1, 0.15) is 82.4 Å². The third-order valence-electron chi connectivity index (χ3n) is 8.37. The van der Waals surface area contributed by atoms with E-state index in [1.54, 1.807) is 12.0 Å². The van der Waals surface area contributed by atoms with E-state index < -0.39 is 12.1 Å². The van der Waals surface area contributed by atoms with Gasteiger partial charge < -0.3 is 20.3 Å². The summed E-state index contributed by atoms with van der Waals surface area (Å²) in [6.45, 7) is 4.43. The van der Waals surface area contributed by atoms with E-state index in [-0.39, 0.29) is 41.7 Å². The van der Waals surface area contributed by atoms with Crippen LogP contribution in [0.2, 0.25) is 0 Å². The Labute approximate surface area is 209 Å². The van der Waals surface area contributed by atoms with Crippen LogP contribution in [0.3, 0.4) is 0 Å². The highest BCUT2D eigenvalue weighted by atomic mass is 16.5. The minimum Gasteiger partial charge on any atom is -0.379 e. The fraction of sp³-hybridized carbons (Fsp3) is 0.679. The van der Waals surface area contributed by atoms with Gasteiger partial charge in [0.2, 0.25) is 17.7 Å². The Morgan fingerprint density at radius 3 is 2.54 bits per heavy atom. The number of hydrogen-bond donors (Lipinski definition) is 2. The molecule has 7 nitrogen and oxygen atoms in total. The number of nitrogens with zero attached hydrogens (tertiary/aromatic N) is 1. The van der Waals surface area contributed by atoms with Crippen molar-refractivity contribution in [1.29, 1.82) is 0 Å². The van der Waals surface area contributed by atoms with Crippen molar-refractivity contribution in [2.24, 2.45) is 11.8 Å². The van der Waals surface area contributed by atoms with E-state index >= 15 is 0 Å². The molecule has 4 rings (SSSR count). The Morgan fingerprint density at radius 2 is 1.83 bits per heavy atom. The van der Waals surface area contributed by atoms with Gasteiger partial charge in [-0.25, -0.2) is 0 Å². The summed E-state index contributed by atoms with van der Waals surface area (Å²) in [7, 11) is 1.68. The number of amides is 3. The van der Waals surface area contributed by atoms with Crippen molar-refractivity contribution in [3.05, 3.63) is 35.4 Å². The molecule has 3 amide bonds. The zero-order chi connectivity index (χ0) is 24.9. The molecule has 5 atom stereocenters. The molecule has 1 heterocycles. The molecule has 1 saturated carbocycles. The van der Waals surface area contributed by atoms with Crippen LogP contribution >= 0.6 is 0 Å². The van der Waals surface area contributed by atoms with Gasteiger partial charge in [-0.1, -0.05) is 57.4 Å². The van der Waals surface area contributed by atoms with Crippen molar-refractivity contribution >= 4 is 17.7 Å². The minimum absolute atomic E-state index is 0.0675. The number of carbonyl (C=O) groups excluding carboxylic acids is 3. The van der Waals surface area contributed by atoms with Crippen molar-refractivity contribution in [3.8, 4) is 0 Å². The lowest BCUT2D eigenvalue weighted by atomic mass is 9.83. The molecule has 3 aliphatic rings. The number of rotatable bonds is 8. The van der Waals surface area contributed by atoms with Crippen LogP contribution in [-0.4, -0.2) is 54.5 Å². The van der Waals surface area contributed by atoms with Crippen molar-refractivity contribution in [2.75, 3.05) is 13.7 Å². The van der Waals surface area contributed by atoms with Gasteiger partial charge in [0.1, 0.15) is 12.1 Å². The van der Waals surface area contributed by atoms with Gasteiger partial charge in [0, 0.05) is 26.0 Å². The van der Waals surface area contributed by atoms with E-state index in [2.05, 4.69) is 16.7 Å². The normalized spacial score (nSPS) is 26.1. The highest BCUT2D eigenvalue weighted by Gasteiger charge is 2.42. The largest absolute Gasteiger partial charge is 0.379 e. The molecule has 2 fully saturated rings. The Kier molecular flexibility index (Phi) is 8.47. The van der Waals surface area contributed by atoms with Crippen LogP contribution in [-0.2, 0) is 25.5 Å². The van der Waals surface area contributed by atoms with Gasteiger partial charge in [-0.15, -0.1) is 0 Å². The smallest absolute Gasteiger partial charge is 0.246 e. The summed E-state index contributed by atoms with van der Waals surface area (Å²) < 4.78 is 5.70. The zero-order valence-electron chi connectivity index (χ0n) is 21.4. The molecule has 192 valence electrons. The third-order valence-corrected chi connectivity index (χ3v) is 8.37. The lowest BCUT2D eigenvalue weighted by Gasteiger charge is -2.35. The molecule has 1 aliphatic heterocycles. The number of benzene rings is 1. The summed E-state index contributed by atoms with van der Waals surface area (Å²) in [5.74, 6) is -0.299. The third kappa shape index (κ3) is 5.55. The second-order valence-electron chi connectivity index (χ2n) is 10.5. The molecule has 1 aromatic carbocycles. The standard InChI is InChI=1S/C28H41N3O4/c1-4-18(2)26(32)29-24(19-11-6-5-7-12-19)28(34)31-16-10-15-22(31)27(33)30-25-21-14-9-8-13-20(21)17-23(25)35-3/h8-9,13-14,18-19,22-25H,4-7,10-12,15-17H2,1-3H3,(H,29,32)(H,30,33)/t18-,22+,23-,24+,25+/m1/s1. The van der Waals surface area contributed by atoms with Gasteiger partial charge >= 0.3 is 0 Å². The van der Waals surface area contributed by atoms with Gasteiger partial charge in [0.05, 0.1) is 12.1 Å². The Bertz CT molecular complexity index is 913. The van der Waals surface area contributed by atoms with Crippen molar-refractivity contribution in [1.82, 2.24) is 15.5 Å². The first-order chi connectivity index (χ1) is 16.9. The second kappa shape index (κ2) is 11.5. The first-order valence-corrected chi connectivity index (χ1v) is 13.5. The average molecular weight is 484 g/mol. The highest BCUT2D eigenvalue weighted by Crippen LogP contribution is 2.34. The number of carbonyl (C=O) groups is 3. The van der Waals surface area contributed by atoms with Crippen LogP contribution in [0.4, 0.5) is 0 Å². The molecular weight excluding hydrogens is 442 g/mol. The fourth-order valence-electron chi connectivity index (χ4n) is 6.01. The predicted molar refractivity (Wildman–Crippen MR) is 135 cm³/mol. The summed E-state index contributed by atoms with van der Waals surface area (Å²) in [5.41, 5.74) is 2.28. The molecule has 2 aliphatic carbocycles. The van der Waals surface area contributed by atoms with Crippen molar-refractivity contribution in [3.63, 3.8) is 0 Å². The summed E-state index contributed by atoms with van der Waals surface area (Å²) in [5, 5.41) is 6.30. The van der Waals surface area contributed by atoms with Crippen molar-refractivity contribution < 1.29 is 19.1 Å². The molecular formula is C28H41N3O4. The Morgan fingerprint density at radius 1 is 1.09 bits per heavy atom. The molecule has 0 bridgehead atoms. The van der Waals surface area contributed by atoms with Gasteiger partial charge in [0.15, 0.2) is 0 Å². The average Bonchev–Trinajstić information content (AvgIpc) is 3.52. The first-order valence-electron chi connectivity index (χ1n) is 13.5. The first kappa shape index (κ1) is 25.7. The topological polar surface area (TPSA) is 87.7 Å². The Hall–Kier alpha value is -2.41. The van der Waals surface area contributed by atoms with E-state index in [1.165, 1.54) is 12.0 Å². The van der Waals surface area contributed by atoms with Gasteiger partial charge in [-0.2, -0.15) is 0 Å². The van der Waals surface area contributed by atoms with Crippen LogP contribution in [0.15, 0.2) is 24.3 Å². The number of nitrogens with one attached hydrogen (secondary N) is 2. The zero-order valence-corrected chi connectivity index (χ0v) is 21.4. The SMILES string of the molecule is CC[C@@H](C)C(=O)N[C@H](C(=O)N1CCC[C@H]1C(=O)N[C@H]1c2ccccc2C[C@H]1OC)C1CCCCC1. The predicted octanol–water partition coefficient (Wildman–Crippen LogP) is 3.52. The number of fused-ring (bicyclic) bond motifs is 1. The van der Waals surface area contributed by atoms with E-state index in [4.69, 9.17) is 4.74 Å². The molecule has 0 spiro atoms. The molecule has 0 unspecified atom stereocenters. The lowest BCUT2D eigenvalue weighted by Crippen LogP contribution is -2.57. The quantitative estimate of drug-likeness (QED) is 0.592. The fourth-order valence-corrected chi connectivity index (χ4v) is 6.01. The lowest BCUT2D eigenvalue weighted by molar-refractivity contribution is -0.143. The molecule has 0 aromatic heterocycles. The van der Waals surface area contributed by atoms with Crippen molar-refractivity contribution in [2.45, 2.75) is 95.9 Å². The summed E-state index contributed by atoms with van der Waals surface area (Å²) in [6.07, 6.45) is 8.02. The maximum Gasteiger partial charge on any atom is 0.246 e. The van der Waals surface area contributed by atoms with Gasteiger partial charge in [0.25, 0.3) is 0 Å². The van der Waals surface area contributed by atoms with Crippen LogP contribution in [0, 0.1) is 11.8 Å². The van der Waals surface area contributed by atoms with Gasteiger partial charge in [-0.3, -0.25) is 14.4 Å². The van der Waals surface area contributed by atoms with E-state index in [9.17, 15) is 14.4 Å². The maximum absolute atomic E-state index is 13.9. The number of hydrogen-bond acceptors (Lipinski definition) is 4.